The van der Waals surface area contributed by atoms with E-state index in [9.17, 15) is 13.2 Å². The van der Waals surface area contributed by atoms with Gasteiger partial charge in [0.2, 0.25) is 0 Å². The van der Waals surface area contributed by atoms with E-state index in [0.29, 0.717) is 5.01 Å². The van der Waals surface area contributed by atoms with Gasteiger partial charge in [-0.2, -0.15) is 0 Å². The van der Waals surface area contributed by atoms with E-state index < -0.39 is 20.5 Å². The summed E-state index contributed by atoms with van der Waals surface area (Å²) >= 11 is 1.43. The van der Waals surface area contributed by atoms with Crippen molar-refractivity contribution in [2.24, 2.45) is 0 Å². The maximum atomic E-state index is 12.1. The third-order valence-electron chi connectivity index (χ3n) is 5.45. The fourth-order valence-electron chi connectivity index (χ4n) is 2.90. The third kappa shape index (κ3) is 4.66. The maximum Gasteiger partial charge on any atom is 0.264 e. The van der Waals surface area contributed by atoms with Crippen LogP contribution in [0.2, 0.25) is 0 Å². The van der Waals surface area contributed by atoms with Gasteiger partial charge in [0.1, 0.15) is 4.75 Å². The number of aromatic nitrogens is 1. The summed E-state index contributed by atoms with van der Waals surface area (Å²) in [7, 11) is -1.83. The Hall–Kier alpha value is -2.43. The second-order valence-electron chi connectivity index (χ2n) is 7.57. The molecule has 0 bridgehead atoms. The second kappa shape index (κ2) is 8.37. The van der Waals surface area contributed by atoms with Crippen LogP contribution >= 0.6 is 11.3 Å². The molecule has 0 radical (unpaired) electrons. The van der Waals surface area contributed by atoms with Crippen LogP contribution in [0, 0.1) is 23.7 Å². The zero-order valence-electron chi connectivity index (χ0n) is 17.0. The van der Waals surface area contributed by atoms with E-state index in [1.54, 1.807) is 0 Å². The largest absolute Gasteiger partial charge is 0.304 e. The predicted octanol–water partition coefficient (Wildman–Crippen LogP) is 1.64. The van der Waals surface area contributed by atoms with Crippen molar-refractivity contribution in [3.05, 3.63) is 28.8 Å². The fraction of sp³-hybridized carbons (Fsp3) is 0.429. The van der Waals surface area contributed by atoms with Gasteiger partial charge >= 0.3 is 0 Å². The van der Waals surface area contributed by atoms with Gasteiger partial charge in [0.15, 0.2) is 9.84 Å². The number of nitrogens with one attached hydrogen (secondary N) is 2. The minimum absolute atomic E-state index is 0.00746. The normalized spacial score (nSPS) is 16.5. The molecule has 1 aliphatic carbocycles. The molecule has 2 aromatic rings. The van der Waals surface area contributed by atoms with Crippen molar-refractivity contribution in [3.63, 3.8) is 0 Å². The van der Waals surface area contributed by atoms with Crippen molar-refractivity contribution in [1.82, 2.24) is 15.8 Å². The van der Waals surface area contributed by atoms with Crippen LogP contribution in [0.3, 0.4) is 0 Å². The molecule has 30 heavy (non-hydrogen) atoms. The van der Waals surface area contributed by atoms with E-state index in [4.69, 9.17) is 5.21 Å². The summed E-state index contributed by atoms with van der Waals surface area (Å²) in [6.45, 7) is 1.30. The van der Waals surface area contributed by atoms with Gasteiger partial charge in [-0.1, -0.05) is 11.8 Å². The van der Waals surface area contributed by atoms with Gasteiger partial charge in [-0.25, -0.2) is 18.9 Å². The zero-order chi connectivity index (χ0) is 22.0. The monoisotopic (exact) mass is 445 g/mol. The van der Waals surface area contributed by atoms with Gasteiger partial charge < -0.3 is 5.32 Å². The molecule has 3 rings (SSSR count). The lowest BCUT2D eigenvalue weighted by molar-refractivity contribution is -0.131. The number of hydrogen-bond acceptors (Lipinski definition) is 7. The molecular weight excluding hydrogens is 422 g/mol. The average Bonchev–Trinajstić information content (AvgIpc) is 3.38. The van der Waals surface area contributed by atoms with Crippen LogP contribution in [0.15, 0.2) is 18.2 Å². The lowest BCUT2D eigenvalue weighted by atomic mass is 10.0. The van der Waals surface area contributed by atoms with E-state index in [1.807, 2.05) is 25.2 Å². The Morgan fingerprint density at radius 2 is 2.10 bits per heavy atom. The van der Waals surface area contributed by atoms with Crippen LogP contribution in [0.1, 0.15) is 36.8 Å². The highest BCUT2D eigenvalue weighted by Crippen LogP contribution is 2.33. The average molecular weight is 446 g/mol. The van der Waals surface area contributed by atoms with Crippen LogP contribution in [0.25, 0.3) is 10.2 Å². The number of nitrogens with zero attached hydrogens (tertiary/aromatic N) is 1. The molecule has 1 fully saturated rings. The highest BCUT2D eigenvalue weighted by molar-refractivity contribution is 7.92. The molecule has 1 aromatic heterocycles. The summed E-state index contributed by atoms with van der Waals surface area (Å²) in [5.74, 6) is 11.0. The van der Waals surface area contributed by atoms with Crippen molar-refractivity contribution < 1.29 is 18.4 Å². The van der Waals surface area contributed by atoms with Crippen LogP contribution in [0.4, 0.5) is 0 Å². The smallest absolute Gasteiger partial charge is 0.264 e. The molecule has 158 valence electrons. The summed E-state index contributed by atoms with van der Waals surface area (Å²) in [4.78, 5) is 16.5. The number of hydroxylamine groups is 1. The number of rotatable bonds is 6. The molecule has 9 heteroatoms. The second-order valence-corrected chi connectivity index (χ2v) is 11.1. The van der Waals surface area contributed by atoms with Crippen molar-refractivity contribution >= 4 is 37.3 Å². The number of amides is 1. The van der Waals surface area contributed by atoms with Crippen LogP contribution in [0.5, 0.6) is 0 Å². The Balaban J connectivity index is 1.76. The molecule has 1 aliphatic rings. The first-order valence-corrected chi connectivity index (χ1v) is 12.1. The number of sulfone groups is 1. The molecule has 0 aliphatic heterocycles. The standard InChI is InChI=1S/C21H23N3O4S2/c1-20(19(25)24-26,30(3,27)28)11-9-18-23-16-8-7-15(14-17(16)29-18)6-4-5-10-21(22-2)12-13-21/h7-8,14,22,26H,9,11-13H2,1-3H3,(H,24,25)/t20-/m1/s1. The van der Waals surface area contributed by atoms with E-state index >= 15 is 0 Å². The minimum Gasteiger partial charge on any atom is -0.304 e. The summed E-state index contributed by atoms with van der Waals surface area (Å²) in [6.07, 6.45) is 3.37. The number of hydrogen-bond donors (Lipinski definition) is 3. The third-order valence-corrected chi connectivity index (χ3v) is 8.55. The van der Waals surface area contributed by atoms with E-state index in [1.165, 1.54) is 23.7 Å². The van der Waals surface area contributed by atoms with E-state index in [0.717, 1.165) is 34.9 Å². The molecule has 1 saturated carbocycles. The van der Waals surface area contributed by atoms with Gasteiger partial charge in [-0.3, -0.25) is 10.0 Å². The van der Waals surface area contributed by atoms with Gasteiger partial charge in [0.25, 0.3) is 5.91 Å². The minimum atomic E-state index is -3.73. The number of benzene rings is 1. The summed E-state index contributed by atoms with van der Waals surface area (Å²) in [6, 6.07) is 5.65. The predicted molar refractivity (Wildman–Crippen MR) is 117 cm³/mol. The molecule has 0 saturated heterocycles. The van der Waals surface area contributed by atoms with Gasteiger partial charge in [0.05, 0.1) is 20.8 Å². The SMILES string of the molecule is CNC1(C#CC#Cc2ccc3nc(CC[C@](C)(C(=O)NO)S(C)(=O)=O)sc3c2)CC1. The Morgan fingerprint density at radius 3 is 2.70 bits per heavy atom. The Kier molecular flexibility index (Phi) is 6.21. The first-order valence-electron chi connectivity index (χ1n) is 9.38. The van der Waals surface area contributed by atoms with Crippen molar-refractivity contribution in [1.29, 1.82) is 0 Å². The fourth-order valence-corrected chi connectivity index (χ4v) is 4.77. The number of carbonyl (C=O) groups is 1. The molecule has 3 N–H and O–H groups in total. The lowest BCUT2D eigenvalue weighted by Crippen LogP contribution is -2.49. The first-order chi connectivity index (χ1) is 14.1. The Morgan fingerprint density at radius 1 is 1.37 bits per heavy atom. The summed E-state index contributed by atoms with van der Waals surface area (Å²) in [5.41, 5.74) is 3.01. The quantitative estimate of drug-likeness (QED) is 0.354. The van der Waals surface area contributed by atoms with E-state index in [2.05, 4.69) is 34.0 Å². The molecule has 1 aromatic carbocycles. The maximum absolute atomic E-state index is 12.1. The molecule has 1 amide bonds. The number of carbonyl (C=O) groups excluding carboxylic acids is 1. The summed E-state index contributed by atoms with van der Waals surface area (Å²) in [5, 5.41) is 12.8. The Labute approximate surface area is 180 Å². The Bertz CT molecular complexity index is 1210. The molecular formula is C21H23N3O4S2. The number of thiazole rings is 1. The van der Waals surface area contributed by atoms with Crippen molar-refractivity contribution in [3.8, 4) is 23.7 Å². The molecule has 0 unspecified atom stereocenters. The highest BCUT2D eigenvalue weighted by atomic mass is 32.2. The van der Waals surface area contributed by atoms with Crippen LogP contribution < -0.4 is 10.8 Å². The van der Waals surface area contributed by atoms with Crippen molar-refractivity contribution in [2.75, 3.05) is 13.3 Å². The lowest BCUT2D eigenvalue weighted by Gasteiger charge is -2.24. The van der Waals surface area contributed by atoms with Gasteiger partial charge in [-0.15, -0.1) is 11.3 Å². The first kappa shape index (κ1) is 22.3. The van der Waals surface area contributed by atoms with E-state index in [-0.39, 0.29) is 18.4 Å². The number of fused-ring (bicyclic) bond motifs is 1. The summed E-state index contributed by atoms with van der Waals surface area (Å²) < 4.78 is 23.4. The zero-order valence-corrected chi connectivity index (χ0v) is 18.6. The molecule has 1 atom stereocenters. The molecule has 1 heterocycles. The van der Waals surface area contributed by atoms with Crippen LogP contribution in [-0.4, -0.2) is 48.1 Å². The molecule has 0 spiro atoms. The van der Waals surface area contributed by atoms with Crippen LogP contribution in [-0.2, 0) is 21.1 Å². The van der Waals surface area contributed by atoms with Gasteiger partial charge in [0, 0.05) is 18.2 Å². The highest BCUT2D eigenvalue weighted by Gasteiger charge is 2.43. The van der Waals surface area contributed by atoms with Crippen molar-refractivity contribution in [2.45, 2.75) is 42.9 Å². The van der Waals surface area contributed by atoms with Gasteiger partial charge in [-0.05, 0) is 63.3 Å². The topological polar surface area (TPSA) is 108 Å². The number of aryl methyl sites for hydroxylation is 1. The molecule has 7 nitrogen and oxygen atoms in total.